The highest BCUT2D eigenvalue weighted by molar-refractivity contribution is 5.96. The van der Waals surface area contributed by atoms with E-state index in [1.165, 1.54) is 16.5 Å². The molecular formula is C31H35N3O2. The fourth-order valence-electron chi connectivity index (χ4n) is 4.40. The summed E-state index contributed by atoms with van der Waals surface area (Å²) in [5, 5.41) is 1.18. The van der Waals surface area contributed by atoms with Gasteiger partial charge in [0.05, 0.1) is 0 Å². The second kappa shape index (κ2) is 11.3. The van der Waals surface area contributed by atoms with Gasteiger partial charge < -0.3 is 14.8 Å². The number of benzene rings is 3. The molecule has 4 aromatic rings. The molecule has 5 heteroatoms. The van der Waals surface area contributed by atoms with E-state index in [2.05, 4.69) is 48.3 Å². The van der Waals surface area contributed by atoms with Crippen LogP contribution in [0.1, 0.15) is 46.5 Å². The minimum atomic E-state index is -0.120. The molecule has 0 saturated heterocycles. The van der Waals surface area contributed by atoms with E-state index in [1.807, 2.05) is 68.3 Å². The summed E-state index contributed by atoms with van der Waals surface area (Å²) in [7, 11) is 0. The highest BCUT2D eigenvalue weighted by Crippen LogP contribution is 2.19. The van der Waals surface area contributed by atoms with Crippen molar-refractivity contribution in [2.45, 2.75) is 46.7 Å². The van der Waals surface area contributed by atoms with Crippen LogP contribution in [0.2, 0.25) is 0 Å². The third-order valence-electron chi connectivity index (χ3n) is 6.66. The van der Waals surface area contributed by atoms with Gasteiger partial charge in [0.2, 0.25) is 5.91 Å². The normalized spacial score (nSPS) is 11.1. The van der Waals surface area contributed by atoms with Crippen LogP contribution in [-0.2, 0) is 17.8 Å². The molecule has 3 aromatic carbocycles. The second-order valence-corrected chi connectivity index (χ2v) is 9.80. The lowest BCUT2D eigenvalue weighted by Crippen LogP contribution is -2.46. The Morgan fingerprint density at radius 3 is 2.17 bits per heavy atom. The molecule has 1 heterocycles. The highest BCUT2D eigenvalue weighted by atomic mass is 16.2. The summed E-state index contributed by atoms with van der Waals surface area (Å²) < 4.78 is 0. The summed E-state index contributed by atoms with van der Waals surface area (Å²) in [6, 6.07) is 23.9. The maximum Gasteiger partial charge on any atom is 0.254 e. The van der Waals surface area contributed by atoms with Crippen molar-refractivity contribution >= 4 is 22.7 Å². The van der Waals surface area contributed by atoms with Crippen LogP contribution in [0.5, 0.6) is 0 Å². The first-order chi connectivity index (χ1) is 17.3. The SMILES string of the molecule is Cc1ccc(CN(CCc2c[nH]c3ccccc23)C(=O)CN(C(=O)c2ccc(C)cc2)C(C)C)cc1. The van der Waals surface area contributed by atoms with Crippen LogP contribution in [-0.4, -0.2) is 45.7 Å². The number of amides is 2. The van der Waals surface area contributed by atoms with E-state index in [0.717, 1.165) is 23.1 Å². The van der Waals surface area contributed by atoms with Crippen molar-refractivity contribution in [3.8, 4) is 0 Å². The molecule has 0 aliphatic carbocycles. The zero-order valence-electron chi connectivity index (χ0n) is 21.6. The van der Waals surface area contributed by atoms with Crippen molar-refractivity contribution in [3.63, 3.8) is 0 Å². The summed E-state index contributed by atoms with van der Waals surface area (Å²) in [6.45, 7) is 9.08. The maximum atomic E-state index is 13.7. The monoisotopic (exact) mass is 481 g/mol. The van der Waals surface area contributed by atoms with Crippen LogP contribution in [0.3, 0.4) is 0 Å². The van der Waals surface area contributed by atoms with Crippen molar-refractivity contribution in [1.82, 2.24) is 14.8 Å². The number of nitrogens with one attached hydrogen (secondary N) is 1. The number of nitrogens with zero attached hydrogens (tertiary/aromatic N) is 2. The summed E-state index contributed by atoms with van der Waals surface area (Å²) in [4.78, 5) is 33.8. The van der Waals surface area contributed by atoms with Gasteiger partial charge in [-0.25, -0.2) is 0 Å². The number of carbonyl (C=O) groups excluding carboxylic acids is 2. The standard InChI is InChI=1S/C31H35N3O2/c1-22(2)34(31(36)26-15-11-24(4)12-16-26)21-30(35)33(20-25-13-9-23(3)10-14-25)18-17-27-19-32-29-8-6-5-7-28(27)29/h5-16,19,22,32H,17-18,20-21H2,1-4H3. The number of hydrogen-bond acceptors (Lipinski definition) is 2. The first-order valence-corrected chi connectivity index (χ1v) is 12.6. The smallest absolute Gasteiger partial charge is 0.254 e. The van der Waals surface area contributed by atoms with E-state index in [9.17, 15) is 9.59 Å². The van der Waals surface area contributed by atoms with Gasteiger partial charge in [-0.15, -0.1) is 0 Å². The van der Waals surface area contributed by atoms with Crippen LogP contribution in [0.25, 0.3) is 10.9 Å². The molecule has 1 N–H and O–H groups in total. The molecule has 0 fully saturated rings. The van der Waals surface area contributed by atoms with Gasteiger partial charge in [0.1, 0.15) is 6.54 Å². The lowest BCUT2D eigenvalue weighted by molar-refractivity contribution is -0.132. The van der Waals surface area contributed by atoms with Gasteiger partial charge in [0.15, 0.2) is 0 Å². The van der Waals surface area contributed by atoms with E-state index in [1.54, 1.807) is 4.90 Å². The molecule has 2 amide bonds. The third kappa shape index (κ3) is 6.03. The highest BCUT2D eigenvalue weighted by Gasteiger charge is 2.25. The topological polar surface area (TPSA) is 56.4 Å². The average molecular weight is 482 g/mol. The minimum Gasteiger partial charge on any atom is -0.361 e. The van der Waals surface area contributed by atoms with Crippen molar-refractivity contribution < 1.29 is 9.59 Å². The summed E-state index contributed by atoms with van der Waals surface area (Å²) in [5.74, 6) is -0.171. The van der Waals surface area contributed by atoms with Gasteiger partial charge >= 0.3 is 0 Å². The third-order valence-corrected chi connectivity index (χ3v) is 6.66. The van der Waals surface area contributed by atoms with E-state index in [4.69, 9.17) is 0 Å². The Bertz CT molecular complexity index is 1320. The van der Waals surface area contributed by atoms with E-state index in [0.29, 0.717) is 18.7 Å². The largest absolute Gasteiger partial charge is 0.361 e. The molecule has 0 atom stereocenters. The molecule has 1 aromatic heterocycles. The molecule has 0 aliphatic rings. The number of aromatic nitrogens is 1. The molecule has 0 aliphatic heterocycles. The van der Waals surface area contributed by atoms with Crippen molar-refractivity contribution in [1.29, 1.82) is 0 Å². The number of H-pyrrole nitrogens is 1. The van der Waals surface area contributed by atoms with Gasteiger partial charge in [0, 0.05) is 41.8 Å². The maximum absolute atomic E-state index is 13.7. The Hall–Kier alpha value is -3.86. The van der Waals surface area contributed by atoms with Crippen molar-refractivity contribution in [2.24, 2.45) is 0 Å². The Morgan fingerprint density at radius 1 is 0.861 bits per heavy atom. The van der Waals surface area contributed by atoms with Gasteiger partial charge in [-0.2, -0.15) is 0 Å². The lowest BCUT2D eigenvalue weighted by Gasteiger charge is -2.30. The first-order valence-electron chi connectivity index (χ1n) is 12.6. The Morgan fingerprint density at radius 2 is 1.50 bits per heavy atom. The Labute approximate surface area is 213 Å². The molecule has 186 valence electrons. The fraction of sp³-hybridized carbons (Fsp3) is 0.290. The van der Waals surface area contributed by atoms with Crippen LogP contribution in [0, 0.1) is 13.8 Å². The number of fused-ring (bicyclic) bond motifs is 1. The number of hydrogen-bond donors (Lipinski definition) is 1. The van der Waals surface area contributed by atoms with E-state index >= 15 is 0 Å². The summed E-state index contributed by atoms with van der Waals surface area (Å²) in [6.07, 6.45) is 2.76. The van der Waals surface area contributed by atoms with Crippen LogP contribution >= 0.6 is 0 Å². The van der Waals surface area contributed by atoms with Crippen molar-refractivity contribution in [2.75, 3.05) is 13.1 Å². The molecule has 4 rings (SSSR count). The zero-order chi connectivity index (χ0) is 25.7. The molecule has 0 unspecified atom stereocenters. The Kier molecular flexibility index (Phi) is 7.89. The van der Waals surface area contributed by atoms with Crippen LogP contribution in [0.4, 0.5) is 0 Å². The molecule has 0 radical (unpaired) electrons. The van der Waals surface area contributed by atoms with Crippen molar-refractivity contribution in [3.05, 3.63) is 107 Å². The average Bonchev–Trinajstić information content (AvgIpc) is 3.29. The van der Waals surface area contributed by atoms with Gasteiger partial charge in [-0.3, -0.25) is 9.59 Å². The summed E-state index contributed by atoms with van der Waals surface area (Å²) in [5.41, 5.74) is 6.24. The zero-order valence-corrected chi connectivity index (χ0v) is 21.6. The molecular weight excluding hydrogens is 446 g/mol. The quantitative estimate of drug-likeness (QED) is 0.323. The first kappa shape index (κ1) is 25.2. The number of carbonyl (C=O) groups is 2. The molecule has 0 bridgehead atoms. The summed E-state index contributed by atoms with van der Waals surface area (Å²) >= 11 is 0. The molecule has 0 saturated carbocycles. The van der Waals surface area contributed by atoms with Crippen LogP contribution in [0.15, 0.2) is 79.0 Å². The molecule has 0 spiro atoms. The number of para-hydroxylation sites is 1. The van der Waals surface area contributed by atoms with Gasteiger partial charge in [-0.05, 0) is 63.4 Å². The van der Waals surface area contributed by atoms with Gasteiger partial charge in [0.25, 0.3) is 5.91 Å². The predicted molar refractivity (Wildman–Crippen MR) is 146 cm³/mol. The Balaban J connectivity index is 1.54. The van der Waals surface area contributed by atoms with E-state index in [-0.39, 0.29) is 24.4 Å². The molecule has 5 nitrogen and oxygen atoms in total. The number of aryl methyl sites for hydroxylation is 2. The fourth-order valence-corrected chi connectivity index (χ4v) is 4.40. The predicted octanol–water partition coefficient (Wildman–Crippen LogP) is 5.91. The van der Waals surface area contributed by atoms with Gasteiger partial charge in [-0.1, -0.05) is 65.7 Å². The van der Waals surface area contributed by atoms with E-state index < -0.39 is 0 Å². The number of rotatable bonds is 9. The second-order valence-electron chi connectivity index (χ2n) is 9.80. The number of aromatic amines is 1. The van der Waals surface area contributed by atoms with Crippen LogP contribution < -0.4 is 0 Å². The minimum absolute atomic E-state index is 0.0458. The lowest BCUT2D eigenvalue weighted by atomic mass is 10.1. The molecule has 36 heavy (non-hydrogen) atoms.